The fourth-order valence-electron chi connectivity index (χ4n) is 2.96. The summed E-state index contributed by atoms with van der Waals surface area (Å²) in [5, 5.41) is 7.14. The van der Waals surface area contributed by atoms with Crippen molar-refractivity contribution >= 4 is 28.9 Å². The van der Waals surface area contributed by atoms with Crippen LogP contribution in [0.1, 0.15) is 33.3 Å². The van der Waals surface area contributed by atoms with Gasteiger partial charge >= 0.3 is 0 Å². The lowest BCUT2D eigenvalue weighted by Crippen LogP contribution is -3.16. The number of piperazine rings is 1. The molecule has 0 aromatic heterocycles. The highest BCUT2D eigenvalue weighted by molar-refractivity contribution is 7.80. The van der Waals surface area contributed by atoms with E-state index in [0.29, 0.717) is 6.54 Å². The molecule has 1 heterocycles. The number of nitrogens with one attached hydrogen (secondary N) is 3. The van der Waals surface area contributed by atoms with Crippen LogP contribution in [0.4, 0.5) is 5.69 Å². The first-order valence-electron chi connectivity index (χ1n) is 9.06. The Hall–Kier alpha value is -1.66. The second-order valence-electron chi connectivity index (χ2n) is 7.70. The maximum Gasteiger partial charge on any atom is 0.275 e. The van der Waals surface area contributed by atoms with Gasteiger partial charge in [-0.3, -0.25) is 4.79 Å². The molecule has 0 aliphatic carbocycles. The zero-order chi connectivity index (χ0) is 18.4. The Morgan fingerprint density at radius 2 is 1.96 bits per heavy atom. The third kappa shape index (κ3) is 6.63. The molecule has 1 aromatic carbocycles. The highest BCUT2D eigenvalue weighted by atomic mass is 32.1. The lowest BCUT2D eigenvalue weighted by Gasteiger charge is -2.34. The number of aryl methyl sites for hydroxylation is 1. The summed E-state index contributed by atoms with van der Waals surface area (Å²) in [6.45, 7) is 12.3. The molecule has 3 N–H and O–H groups in total. The summed E-state index contributed by atoms with van der Waals surface area (Å²) < 4.78 is 0. The molecule has 0 unspecified atom stereocenters. The van der Waals surface area contributed by atoms with Gasteiger partial charge in [0, 0.05) is 11.2 Å². The van der Waals surface area contributed by atoms with Crippen LogP contribution in [0, 0.1) is 0 Å². The van der Waals surface area contributed by atoms with Crippen molar-refractivity contribution in [3.05, 3.63) is 29.8 Å². The summed E-state index contributed by atoms with van der Waals surface area (Å²) >= 11 is 5.56. The zero-order valence-electron chi connectivity index (χ0n) is 15.8. The molecule has 5 nitrogen and oxygen atoms in total. The van der Waals surface area contributed by atoms with E-state index in [2.05, 4.69) is 40.7 Å². The first-order chi connectivity index (χ1) is 11.8. The maximum absolute atomic E-state index is 12.1. The Bertz CT molecular complexity index is 604. The standard InChI is InChI=1S/C19H30N4OS/c1-5-15-7-6-8-16(13-15)20-18(25)23-11-9-22(10-12-23)14-17(24)21-19(2,3)4/h6-8,13H,5,9-12,14H2,1-4H3,(H,20,25)(H,21,24)/p+1. The number of nitrogens with zero attached hydrogens (tertiary/aromatic N) is 1. The number of carbonyl (C=O) groups excluding carboxylic acids is 1. The molecule has 1 saturated heterocycles. The van der Waals surface area contributed by atoms with E-state index in [-0.39, 0.29) is 11.4 Å². The molecule has 1 aliphatic heterocycles. The number of rotatable bonds is 4. The van der Waals surface area contributed by atoms with Crippen LogP contribution in [0.2, 0.25) is 0 Å². The van der Waals surface area contributed by atoms with E-state index >= 15 is 0 Å². The summed E-state index contributed by atoms with van der Waals surface area (Å²) in [6, 6.07) is 8.37. The van der Waals surface area contributed by atoms with E-state index in [1.54, 1.807) is 0 Å². The van der Waals surface area contributed by atoms with Gasteiger partial charge in [-0.25, -0.2) is 0 Å². The minimum absolute atomic E-state index is 0.119. The van der Waals surface area contributed by atoms with Crippen LogP contribution < -0.4 is 15.5 Å². The summed E-state index contributed by atoms with van der Waals surface area (Å²) in [4.78, 5) is 15.6. The Morgan fingerprint density at radius 1 is 1.28 bits per heavy atom. The summed E-state index contributed by atoms with van der Waals surface area (Å²) in [7, 11) is 0. The van der Waals surface area contributed by atoms with E-state index < -0.39 is 0 Å². The average Bonchev–Trinajstić information content (AvgIpc) is 2.53. The molecule has 1 fully saturated rings. The van der Waals surface area contributed by atoms with Crippen LogP contribution >= 0.6 is 12.2 Å². The van der Waals surface area contributed by atoms with Gasteiger partial charge in [0.2, 0.25) is 0 Å². The second-order valence-corrected chi connectivity index (χ2v) is 8.08. The number of hydrogen-bond donors (Lipinski definition) is 3. The van der Waals surface area contributed by atoms with Crippen LogP contribution in [-0.2, 0) is 11.2 Å². The number of amides is 1. The minimum atomic E-state index is -0.170. The third-order valence-corrected chi connectivity index (χ3v) is 4.63. The normalized spacial score (nSPS) is 15.8. The predicted molar refractivity (Wildman–Crippen MR) is 107 cm³/mol. The van der Waals surface area contributed by atoms with Crippen LogP contribution in [0.25, 0.3) is 0 Å². The predicted octanol–water partition coefficient (Wildman–Crippen LogP) is 1.06. The first kappa shape index (κ1) is 19.7. The van der Waals surface area contributed by atoms with Crippen LogP contribution in [0.15, 0.2) is 24.3 Å². The number of benzene rings is 1. The van der Waals surface area contributed by atoms with Crippen molar-refractivity contribution in [3.8, 4) is 0 Å². The van der Waals surface area contributed by atoms with Crippen molar-refractivity contribution in [2.75, 3.05) is 38.0 Å². The lowest BCUT2D eigenvalue weighted by atomic mass is 10.1. The van der Waals surface area contributed by atoms with Gasteiger partial charge in [-0.1, -0.05) is 19.1 Å². The van der Waals surface area contributed by atoms with E-state index in [0.717, 1.165) is 43.4 Å². The van der Waals surface area contributed by atoms with Gasteiger partial charge in [-0.05, 0) is 57.1 Å². The molecule has 2 rings (SSSR count). The van der Waals surface area contributed by atoms with Gasteiger partial charge in [0.15, 0.2) is 11.7 Å². The highest BCUT2D eigenvalue weighted by Crippen LogP contribution is 2.12. The van der Waals surface area contributed by atoms with Crippen molar-refractivity contribution in [1.82, 2.24) is 10.2 Å². The third-order valence-electron chi connectivity index (χ3n) is 4.27. The summed E-state index contributed by atoms with van der Waals surface area (Å²) in [6.07, 6.45) is 1.01. The molecule has 0 spiro atoms. The number of anilines is 1. The zero-order valence-corrected chi connectivity index (χ0v) is 16.6. The molecule has 0 bridgehead atoms. The quantitative estimate of drug-likeness (QED) is 0.700. The molecule has 1 aromatic rings. The average molecular weight is 364 g/mol. The van der Waals surface area contributed by atoms with Crippen LogP contribution in [0.3, 0.4) is 0 Å². The largest absolute Gasteiger partial charge is 0.347 e. The topological polar surface area (TPSA) is 48.8 Å². The molecule has 0 radical (unpaired) electrons. The molecule has 6 heteroatoms. The molecule has 0 saturated carbocycles. The molecule has 1 amide bonds. The molecule has 0 atom stereocenters. The highest BCUT2D eigenvalue weighted by Gasteiger charge is 2.25. The number of thiocarbonyl (C=S) groups is 1. The van der Waals surface area contributed by atoms with Gasteiger partial charge in [0.25, 0.3) is 5.91 Å². The fraction of sp³-hybridized carbons (Fsp3) is 0.579. The monoisotopic (exact) mass is 363 g/mol. The maximum atomic E-state index is 12.1. The smallest absolute Gasteiger partial charge is 0.275 e. The fourth-order valence-corrected chi connectivity index (χ4v) is 3.26. The molecule has 138 valence electrons. The van der Waals surface area contributed by atoms with Gasteiger partial charge in [-0.2, -0.15) is 0 Å². The van der Waals surface area contributed by atoms with Crippen molar-refractivity contribution in [2.45, 2.75) is 39.7 Å². The number of carbonyl (C=O) groups is 1. The number of quaternary nitrogens is 1. The summed E-state index contributed by atoms with van der Waals surface area (Å²) in [5.41, 5.74) is 2.17. The molecular formula is C19H31N4OS+. The minimum Gasteiger partial charge on any atom is -0.347 e. The molecule has 1 aliphatic rings. The molecule has 25 heavy (non-hydrogen) atoms. The van der Waals surface area contributed by atoms with E-state index in [1.165, 1.54) is 10.5 Å². The lowest BCUT2D eigenvalue weighted by molar-refractivity contribution is -0.895. The van der Waals surface area contributed by atoms with E-state index in [1.807, 2.05) is 26.8 Å². The second kappa shape index (κ2) is 8.63. The van der Waals surface area contributed by atoms with E-state index in [9.17, 15) is 4.79 Å². The van der Waals surface area contributed by atoms with Gasteiger partial charge < -0.3 is 20.4 Å². The Morgan fingerprint density at radius 3 is 2.56 bits per heavy atom. The van der Waals surface area contributed by atoms with Gasteiger partial charge in [0.05, 0.1) is 26.2 Å². The Balaban J connectivity index is 1.79. The van der Waals surface area contributed by atoms with Crippen molar-refractivity contribution in [3.63, 3.8) is 0 Å². The Labute approximate surface area is 156 Å². The van der Waals surface area contributed by atoms with Crippen molar-refractivity contribution in [1.29, 1.82) is 0 Å². The van der Waals surface area contributed by atoms with E-state index in [4.69, 9.17) is 12.2 Å². The van der Waals surface area contributed by atoms with Crippen LogP contribution in [-0.4, -0.2) is 54.2 Å². The Kier molecular flexibility index (Phi) is 6.79. The van der Waals surface area contributed by atoms with Crippen molar-refractivity contribution < 1.29 is 9.69 Å². The number of hydrogen-bond acceptors (Lipinski definition) is 2. The van der Waals surface area contributed by atoms with Gasteiger partial charge in [-0.15, -0.1) is 0 Å². The SMILES string of the molecule is CCc1cccc(NC(=S)N2CC[NH+](CC(=O)NC(C)(C)C)CC2)c1. The molecular weight excluding hydrogens is 332 g/mol. The summed E-state index contributed by atoms with van der Waals surface area (Å²) in [5.74, 6) is 0.119. The van der Waals surface area contributed by atoms with Crippen molar-refractivity contribution in [2.24, 2.45) is 0 Å². The van der Waals surface area contributed by atoms with Gasteiger partial charge in [0.1, 0.15) is 0 Å². The first-order valence-corrected chi connectivity index (χ1v) is 9.47. The van der Waals surface area contributed by atoms with Crippen LogP contribution in [0.5, 0.6) is 0 Å².